The Kier molecular flexibility index (Phi) is 21.2. The summed E-state index contributed by atoms with van der Waals surface area (Å²) in [6, 6.07) is 60.4. The zero-order valence-corrected chi connectivity index (χ0v) is 46.9. The summed E-state index contributed by atoms with van der Waals surface area (Å²) in [5.74, 6) is -3.54. The number of esters is 4. The smallest absolute Gasteiger partial charge is 0.338 e. The zero-order valence-electron chi connectivity index (χ0n) is 46.9. The molecule has 3 saturated heterocycles. The number of hydrogen-bond donors (Lipinski definition) is 2. The molecule has 0 aromatic heterocycles. The Morgan fingerprint density at radius 2 is 0.849 bits per heavy atom. The Morgan fingerprint density at radius 1 is 0.442 bits per heavy atom. The molecule has 19 nitrogen and oxygen atoms in total. The molecular formula is C67H66O19. The first kappa shape index (κ1) is 61.1. The second kappa shape index (κ2) is 29.9. The maximum Gasteiger partial charge on any atom is 0.338 e. The van der Waals surface area contributed by atoms with Crippen molar-refractivity contribution in [2.24, 2.45) is 0 Å². The zero-order chi connectivity index (χ0) is 59.7. The molecule has 0 unspecified atom stereocenters. The first-order valence-electron chi connectivity index (χ1n) is 28.1. The van der Waals surface area contributed by atoms with Crippen LogP contribution >= 0.6 is 0 Å². The highest BCUT2D eigenvalue weighted by Gasteiger charge is 2.58. The van der Waals surface area contributed by atoms with Crippen molar-refractivity contribution in [3.8, 4) is 0 Å². The highest BCUT2D eigenvalue weighted by Crippen LogP contribution is 2.37. The monoisotopic (exact) mass is 1170 g/mol. The van der Waals surface area contributed by atoms with E-state index in [0.29, 0.717) is 0 Å². The van der Waals surface area contributed by atoms with Gasteiger partial charge in [0, 0.05) is 7.11 Å². The molecular weight excluding hydrogens is 1110 g/mol. The first-order chi connectivity index (χ1) is 42.0. The lowest BCUT2D eigenvalue weighted by atomic mass is 9.96. The van der Waals surface area contributed by atoms with Crippen LogP contribution in [-0.2, 0) is 81.4 Å². The average molecular weight is 1180 g/mol. The summed E-state index contributed by atoms with van der Waals surface area (Å²) >= 11 is 0. The summed E-state index contributed by atoms with van der Waals surface area (Å²) in [6.45, 7) is -1.51. The molecule has 0 spiro atoms. The largest absolute Gasteiger partial charge is 0.459 e. The number of rotatable bonds is 25. The summed E-state index contributed by atoms with van der Waals surface area (Å²) < 4.78 is 82.3. The Balaban J connectivity index is 0.945. The van der Waals surface area contributed by atoms with Gasteiger partial charge in [0.05, 0.1) is 61.9 Å². The third kappa shape index (κ3) is 15.7. The van der Waals surface area contributed by atoms with Gasteiger partial charge in [0.15, 0.2) is 37.2 Å². The van der Waals surface area contributed by atoms with Crippen LogP contribution < -0.4 is 0 Å². The van der Waals surface area contributed by atoms with Crippen molar-refractivity contribution >= 4 is 23.9 Å². The van der Waals surface area contributed by atoms with Gasteiger partial charge in [0.2, 0.25) is 0 Å². The number of hydrogen-bond acceptors (Lipinski definition) is 19. The van der Waals surface area contributed by atoms with Crippen LogP contribution in [0.5, 0.6) is 0 Å². The van der Waals surface area contributed by atoms with Crippen molar-refractivity contribution in [3.63, 3.8) is 0 Å². The van der Waals surface area contributed by atoms with E-state index in [2.05, 4.69) is 0 Å². The fourth-order valence-corrected chi connectivity index (χ4v) is 10.1. The summed E-state index contributed by atoms with van der Waals surface area (Å²) in [7, 11) is 1.43. The van der Waals surface area contributed by atoms with Crippen molar-refractivity contribution in [2.75, 3.05) is 33.5 Å². The fourth-order valence-electron chi connectivity index (χ4n) is 10.1. The van der Waals surface area contributed by atoms with Crippen LogP contribution in [0.15, 0.2) is 212 Å². The van der Waals surface area contributed by atoms with Gasteiger partial charge in [-0.1, -0.05) is 164 Å². The lowest BCUT2D eigenvalue weighted by Crippen LogP contribution is -2.64. The number of carbonyl (C=O) groups is 4. The predicted molar refractivity (Wildman–Crippen MR) is 306 cm³/mol. The molecule has 3 heterocycles. The van der Waals surface area contributed by atoms with Gasteiger partial charge in [-0.2, -0.15) is 0 Å². The molecule has 7 aromatic carbocycles. The molecule has 19 heteroatoms. The minimum atomic E-state index is -2.32. The van der Waals surface area contributed by atoms with E-state index in [1.807, 2.05) is 91.0 Å². The van der Waals surface area contributed by atoms with Crippen LogP contribution in [0.3, 0.4) is 0 Å². The van der Waals surface area contributed by atoms with Crippen LogP contribution in [0.25, 0.3) is 0 Å². The third-order valence-electron chi connectivity index (χ3n) is 14.6. The SMILES string of the molecule is CO[C@@H]1O[C@H](COCc2ccccc2)[C@@H](OCc2ccccc2)[C@H](OCc2ccccc2)[C@H]1O[C@@H]1OC[C@](O)(CO[C@@H]2O[C@H](COC(=O)c3ccccc3)[C@@H](OC(=O)c3ccccc3)[C@H](OC(=O)c3ccccc3)[C@H]2OC(=O)c2ccccc2)[C@H]1O. The van der Waals surface area contributed by atoms with Gasteiger partial charge in [0.1, 0.15) is 48.8 Å². The van der Waals surface area contributed by atoms with Crippen LogP contribution in [-0.4, -0.2) is 147 Å². The lowest BCUT2D eigenvalue weighted by Gasteiger charge is -2.46. The normalized spacial score (nSPS) is 26.2. The lowest BCUT2D eigenvalue weighted by molar-refractivity contribution is -0.345. The molecule has 13 atom stereocenters. The second-order valence-electron chi connectivity index (χ2n) is 20.7. The standard InChI is InChI=1S/C67H66O19/c1-74-64-57(55(77-39-46-27-13-4-14-28-46)53(76-38-45-25-11-3-12-26-45)51(81-64)40-75-37-44-23-9-2-10-24-44)86-66-59(68)67(73,43-80-66)42-79-65-58(85-63(72)50-35-21-8-22-36-50)56(84-62(71)49-33-19-7-20-34-49)54(83-61(70)48-31-17-6-18-32-48)52(82-65)41-78-60(69)47-29-15-5-16-30-47/h2-36,51-59,64-66,68,73H,37-43H2,1H3/t51-,52-,53-,54-,55+,56+,57-,58-,59+,64-,65-,66+,67-/m1/s1. The molecule has 0 saturated carbocycles. The Hall–Kier alpha value is -8.02. The number of benzene rings is 7. The quantitative estimate of drug-likeness (QED) is 0.0410. The van der Waals surface area contributed by atoms with Gasteiger partial charge < -0.3 is 71.8 Å². The van der Waals surface area contributed by atoms with Crippen molar-refractivity contribution in [1.29, 1.82) is 0 Å². The molecule has 3 aliphatic rings. The van der Waals surface area contributed by atoms with Crippen molar-refractivity contribution in [3.05, 3.63) is 251 Å². The summed E-state index contributed by atoms with van der Waals surface area (Å²) in [4.78, 5) is 56.1. The number of aliphatic hydroxyl groups excluding tert-OH is 1. The highest BCUT2D eigenvalue weighted by atomic mass is 16.8. The molecule has 3 aliphatic heterocycles. The molecule has 86 heavy (non-hydrogen) atoms. The number of carbonyl (C=O) groups excluding carboxylic acids is 4. The molecule has 7 aromatic rings. The molecule has 3 fully saturated rings. The van der Waals surface area contributed by atoms with Crippen molar-refractivity contribution < 1.29 is 91.0 Å². The van der Waals surface area contributed by atoms with E-state index in [4.69, 9.17) is 61.6 Å². The van der Waals surface area contributed by atoms with Crippen LogP contribution in [0.1, 0.15) is 58.1 Å². The summed E-state index contributed by atoms with van der Waals surface area (Å²) in [5, 5.41) is 24.8. The summed E-state index contributed by atoms with van der Waals surface area (Å²) in [6.07, 6.45) is -17.1. The molecule has 0 radical (unpaired) electrons. The van der Waals surface area contributed by atoms with Gasteiger partial charge in [-0.3, -0.25) is 0 Å². The van der Waals surface area contributed by atoms with Gasteiger partial charge in [-0.15, -0.1) is 0 Å². The maximum absolute atomic E-state index is 14.2. The molecule has 10 rings (SSSR count). The van der Waals surface area contributed by atoms with Gasteiger partial charge >= 0.3 is 23.9 Å². The molecule has 0 bridgehead atoms. The van der Waals surface area contributed by atoms with Gasteiger partial charge in [-0.25, -0.2) is 19.2 Å². The van der Waals surface area contributed by atoms with E-state index in [1.54, 1.807) is 72.8 Å². The molecule has 2 N–H and O–H groups in total. The van der Waals surface area contributed by atoms with Gasteiger partial charge in [-0.05, 0) is 65.2 Å². The van der Waals surface area contributed by atoms with E-state index in [0.717, 1.165) is 16.7 Å². The second-order valence-corrected chi connectivity index (χ2v) is 20.7. The minimum absolute atomic E-state index is 0.0511. The summed E-state index contributed by atoms with van der Waals surface area (Å²) in [5.41, 5.74) is 0.744. The van der Waals surface area contributed by atoms with E-state index < -0.39 is 123 Å². The molecule has 0 aliphatic carbocycles. The van der Waals surface area contributed by atoms with Crippen LogP contribution in [0, 0.1) is 0 Å². The topological polar surface area (TPSA) is 229 Å². The number of methoxy groups -OCH3 is 1. The van der Waals surface area contributed by atoms with E-state index in [-0.39, 0.29) is 48.7 Å². The Labute approximate surface area is 497 Å². The first-order valence-corrected chi connectivity index (χ1v) is 28.1. The van der Waals surface area contributed by atoms with E-state index in [9.17, 15) is 29.4 Å². The van der Waals surface area contributed by atoms with Gasteiger partial charge in [0.25, 0.3) is 0 Å². The van der Waals surface area contributed by atoms with Crippen molar-refractivity contribution in [2.45, 2.75) is 99.2 Å². The van der Waals surface area contributed by atoms with E-state index in [1.165, 1.54) is 55.6 Å². The van der Waals surface area contributed by atoms with Crippen LogP contribution in [0.2, 0.25) is 0 Å². The van der Waals surface area contributed by atoms with E-state index >= 15 is 0 Å². The molecule has 0 amide bonds. The predicted octanol–water partition coefficient (Wildman–Crippen LogP) is 7.85. The number of ether oxygens (including phenoxy) is 13. The van der Waals surface area contributed by atoms with Crippen LogP contribution in [0.4, 0.5) is 0 Å². The minimum Gasteiger partial charge on any atom is -0.459 e. The average Bonchev–Trinajstić information content (AvgIpc) is 1.77. The highest BCUT2D eigenvalue weighted by molar-refractivity contribution is 5.91. The third-order valence-corrected chi connectivity index (χ3v) is 14.6. The maximum atomic E-state index is 14.2. The molecule has 448 valence electrons. The number of aliphatic hydroxyl groups is 2. The Bertz CT molecular complexity index is 3220. The fraction of sp³-hybridized carbons (Fsp3) is 0.313. The Morgan fingerprint density at radius 3 is 1.34 bits per heavy atom. The van der Waals surface area contributed by atoms with Crippen molar-refractivity contribution in [1.82, 2.24) is 0 Å².